The van der Waals surface area contributed by atoms with E-state index >= 15 is 0 Å². The van der Waals surface area contributed by atoms with Crippen LogP contribution >= 0.6 is 0 Å². The first kappa shape index (κ1) is 25.7. The Morgan fingerprint density at radius 2 is 1.65 bits per heavy atom. The van der Waals surface area contributed by atoms with E-state index in [4.69, 9.17) is 9.47 Å². The minimum Gasteiger partial charge on any atom is -0.495 e. The summed E-state index contributed by atoms with van der Waals surface area (Å²) in [6.45, 7) is 4.52. The van der Waals surface area contributed by atoms with Crippen LogP contribution in [0.4, 0.5) is 5.69 Å². The Bertz CT molecular complexity index is 1100. The summed E-state index contributed by atoms with van der Waals surface area (Å²) in [5.41, 5.74) is 1.78. The molecule has 8 nitrogen and oxygen atoms in total. The summed E-state index contributed by atoms with van der Waals surface area (Å²) in [5, 5.41) is 2.68. The normalized spacial score (nSPS) is 14.9. The van der Waals surface area contributed by atoms with Crippen LogP contribution in [-0.4, -0.2) is 51.4 Å². The van der Waals surface area contributed by atoms with Crippen molar-refractivity contribution in [3.05, 3.63) is 53.6 Å². The lowest BCUT2D eigenvalue weighted by Crippen LogP contribution is -2.32. The van der Waals surface area contributed by atoms with Crippen LogP contribution in [0.1, 0.15) is 61.4 Å². The van der Waals surface area contributed by atoms with Gasteiger partial charge in [-0.15, -0.1) is 0 Å². The van der Waals surface area contributed by atoms with Gasteiger partial charge in [-0.1, -0.05) is 38.8 Å². The second-order valence-corrected chi connectivity index (χ2v) is 10.5. The van der Waals surface area contributed by atoms with Crippen LogP contribution in [-0.2, 0) is 19.6 Å². The fourth-order valence-electron chi connectivity index (χ4n) is 3.79. The molecule has 0 spiro atoms. The maximum atomic E-state index is 13.3. The van der Waals surface area contributed by atoms with Crippen LogP contribution in [0.15, 0.2) is 47.4 Å². The molecule has 0 atom stereocenters. The maximum absolute atomic E-state index is 13.3. The fourth-order valence-corrected chi connectivity index (χ4v) is 5.49. The summed E-state index contributed by atoms with van der Waals surface area (Å²) < 4.78 is 38.3. The quantitative estimate of drug-likeness (QED) is 0.560. The number of methoxy groups -OCH3 is 1. The number of carbonyl (C=O) groups excluding carboxylic acids is 2. The first-order valence-corrected chi connectivity index (χ1v) is 12.9. The number of benzene rings is 2. The molecule has 9 heteroatoms. The number of carbonyl (C=O) groups is 2. The molecule has 0 bridgehead atoms. The highest BCUT2D eigenvalue weighted by atomic mass is 32.2. The van der Waals surface area contributed by atoms with Crippen molar-refractivity contribution in [2.24, 2.45) is 0 Å². The number of anilines is 1. The Morgan fingerprint density at radius 1 is 1.00 bits per heavy atom. The van der Waals surface area contributed by atoms with Crippen molar-refractivity contribution >= 4 is 27.6 Å². The second-order valence-electron chi connectivity index (χ2n) is 8.58. The molecule has 0 aromatic heterocycles. The Morgan fingerprint density at radius 3 is 2.24 bits per heavy atom. The first-order valence-electron chi connectivity index (χ1n) is 11.5. The van der Waals surface area contributed by atoms with E-state index in [9.17, 15) is 18.0 Å². The number of hydrogen-bond donors (Lipinski definition) is 1. The zero-order valence-corrected chi connectivity index (χ0v) is 20.7. The van der Waals surface area contributed by atoms with Gasteiger partial charge in [-0.05, 0) is 54.7 Å². The predicted molar refractivity (Wildman–Crippen MR) is 130 cm³/mol. The monoisotopic (exact) mass is 488 g/mol. The van der Waals surface area contributed by atoms with Crippen LogP contribution in [0, 0.1) is 0 Å². The summed E-state index contributed by atoms with van der Waals surface area (Å²) in [4.78, 5) is 24.7. The maximum Gasteiger partial charge on any atom is 0.338 e. The number of amides is 1. The van der Waals surface area contributed by atoms with Gasteiger partial charge in [0.15, 0.2) is 6.61 Å². The molecule has 0 aliphatic carbocycles. The zero-order valence-electron chi connectivity index (χ0n) is 19.9. The minimum absolute atomic E-state index is 0.0308. The van der Waals surface area contributed by atoms with Crippen LogP contribution < -0.4 is 10.1 Å². The van der Waals surface area contributed by atoms with E-state index in [1.54, 1.807) is 12.1 Å². The number of rotatable bonds is 8. The van der Waals surface area contributed by atoms with Crippen molar-refractivity contribution in [1.82, 2.24) is 4.31 Å². The van der Waals surface area contributed by atoms with Gasteiger partial charge >= 0.3 is 5.97 Å². The molecule has 1 N–H and O–H groups in total. The SMILES string of the molecule is COc1ccc(C(=O)OCC(=O)Nc2ccc(C(C)C)cc2)cc1S(=O)(=O)N1CCCCCC1. The van der Waals surface area contributed by atoms with E-state index in [1.165, 1.54) is 29.6 Å². The molecular formula is C25H32N2O6S. The molecule has 1 saturated heterocycles. The van der Waals surface area contributed by atoms with Crippen molar-refractivity contribution in [1.29, 1.82) is 0 Å². The molecule has 2 aromatic rings. The van der Waals surface area contributed by atoms with Crippen LogP contribution in [0.25, 0.3) is 0 Å². The molecule has 34 heavy (non-hydrogen) atoms. The van der Waals surface area contributed by atoms with E-state index in [0.717, 1.165) is 31.2 Å². The molecular weight excluding hydrogens is 456 g/mol. The molecule has 0 radical (unpaired) electrons. The summed E-state index contributed by atoms with van der Waals surface area (Å²) in [6, 6.07) is 11.5. The zero-order chi connectivity index (χ0) is 24.7. The third kappa shape index (κ3) is 6.36. The molecule has 0 unspecified atom stereocenters. The largest absolute Gasteiger partial charge is 0.495 e. The topological polar surface area (TPSA) is 102 Å². The van der Waals surface area contributed by atoms with Crippen molar-refractivity contribution in [2.45, 2.75) is 50.3 Å². The van der Waals surface area contributed by atoms with E-state index in [2.05, 4.69) is 19.2 Å². The van der Waals surface area contributed by atoms with Crippen molar-refractivity contribution in [2.75, 3.05) is 32.1 Å². The standard InChI is InChI=1S/C25H32N2O6S/c1-18(2)19-8-11-21(12-9-19)26-24(28)17-33-25(29)20-10-13-22(32-3)23(16-20)34(30,31)27-14-6-4-5-7-15-27/h8-13,16,18H,4-7,14-15,17H2,1-3H3,(H,26,28). The Kier molecular flexibility index (Phi) is 8.68. The van der Waals surface area contributed by atoms with Crippen LogP contribution in [0.2, 0.25) is 0 Å². The third-order valence-corrected chi connectivity index (χ3v) is 7.70. The molecule has 1 fully saturated rings. The molecule has 1 heterocycles. The molecule has 1 aliphatic rings. The Labute approximate surface area is 201 Å². The first-order chi connectivity index (χ1) is 16.2. The summed E-state index contributed by atoms with van der Waals surface area (Å²) >= 11 is 0. The van der Waals surface area contributed by atoms with Crippen LogP contribution in [0.3, 0.4) is 0 Å². The van der Waals surface area contributed by atoms with Gasteiger partial charge in [0.2, 0.25) is 10.0 Å². The van der Waals surface area contributed by atoms with Gasteiger partial charge in [-0.2, -0.15) is 4.31 Å². The van der Waals surface area contributed by atoms with Crippen molar-refractivity contribution in [3.8, 4) is 5.75 Å². The van der Waals surface area contributed by atoms with E-state index in [1.807, 2.05) is 12.1 Å². The van der Waals surface area contributed by atoms with Gasteiger partial charge in [0.1, 0.15) is 10.6 Å². The highest BCUT2D eigenvalue weighted by molar-refractivity contribution is 7.89. The minimum atomic E-state index is -3.84. The van der Waals surface area contributed by atoms with Gasteiger partial charge in [0.05, 0.1) is 12.7 Å². The Hall–Kier alpha value is -2.91. The lowest BCUT2D eigenvalue weighted by molar-refractivity contribution is -0.119. The van der Waals surface area contributed by atoms with E-state index in [0.29, 0.717) is 24.7 Å². The molecule has 0 saturated carbocycles. The number of ether oxygens (including phenoxy) is 2. The fraction of sp³-hybridized carbons (Fsp3) is 0.440. The highest BCUT2D eigenvalue weighted by Crippen LogP contribution is 2.29. The molecule has 2 aromatic carbocycles. The molecule has 3 rings (SSSR count). The molecule has 1 amide bonds. The van der Waals surface area contributed by atoms with Gasteiger partial charge in [0.25, 0.3) is 5.91 Å². The second kappa shape index (κ2) is 11.5. The smallest absolute Gasteiger partial charge is 0.338 e. The number of nitrogens with one attached hydrogen (secondary N) is 1. The van der Waals surface area contributed by atoms with E-state index < -0.39 is 28.5 Å². The number of sulfonamides is 1. The van der Waals surface area contributed by atoms with Gasteiger partial charge in [0, 0.05) is 18.8 Å². The van der Waals surface area contributed by atoms with Crippen molar-refractivity contribution in [3.63, 3.8) is 0 Å². The summed E-state index contributed by atoms with van der Waals surface area (Å²) in [7, 11) is -2.46. The summed E-state index contributed by atoms with van der Waals surface area (Å²) in [5.74, 6) is -0.747. The highest BCUT2D eigenvalue weighted by Gasteiger charge is 2.29. The van der Waals surface area contributed by atoms with Gasteiger partial charge in [-0.3, -0.25) is 4.79 Å². The average Bonchev–Trinajstić information content (AvgIpc) is 3.13. The van der Waals surface area contributed by atoms with Gasteiger partial charge in [-0.25, -0.2) is 13.2 Å². The Balaban J connectivity index is 1.68. The third-order valence-electron chi connectivity index (χ3n) is 5.78. The molecule has 184 valence electrons. The summed E-state index contributed by atoms with van der Waals surface area (Å²) in [6.07, 6.45) is 3.55. The van der Waals surface area contributed by atoms with E-state index in [-0.39, 0.29) is 16.2 Å². The average molecular weight is 489 g/mol. The van der Waals surface area contributed by atoms with Crippen LogP contribution in [0.5, 0.6) is 5.75 Å². The number of hydrogen-bond acceptors (Lipinski definition) is 6. The lowest BCUT2D eigenvalue weighted by Gasteiger charge is -2.21. The van der Waals surface area contributed by atoms with Gasteiger partial charge < -0.3 is 14.8 Å². The predicted octanol–water partition coefficient (Wildman–Crippen LogP) is 4.18. The number of nitrogens with zero attached hydrogens (tertiary/aromatic N) is 1. The molecule has 1 aliphatic heterocycles. The lowest BCUT2D eigenvalue weighted by atomic mass is 10.0. The number of esters is 1. The van der Waals surface area contributed by atoms with Crippen molar-refractivity contribution < 1.29 is 27.5 Å².